The summed E-state index contributed by atoms with van der Waals surface area (Å²) in [4.78, 5) is 16.9. The molecule has 2 aromatic heterocycles. The van der Waals surface area contributed by atoms with Crippen LogP contribution in [0.4, 0.5) is 5.82 Å². The molecule has 6 heteroatoms. The number of fused-ring (bicyclic) bond motifs is 1. The summed E-state index contributed by atoms with van der Waals surface area (Å²) in [5.41, 5.74) is 2.59. The molecule has 1 amide bonds. The van der Waals surface area contributed by atoms with E-state index in [1.807, 2.05) is 57.2 Å². The van der Waals surface area contributed by atoms with E-state index in [4.69, 9.17) is 9.72 Å². The summed E-state index contributed by atoms with van der Waals surface area (Å²) in [6.07, 6.45) is 6.80. The third-order valence-electron chi connectivity index (χ3n) is 4.07. The molecule has 0 bridgehead atoms. The van der Waals surface area contributed by atoms with Crippen molar-refractivity contribution < 1.29 is 9.53 Å². The van der Waals surface area contributed by atoms with Crippen LogP contribution in [-0.2, 0) is 4.79 Å². The van der Waals surface area contributed by atoms with Gasteiger partial charge in [-0.05, 0) is 38.5 Å². The zero-order chi connectivity index (χ0) is 19.4. The summed E-state index contributed by atoms with van der Waals surface area (Å²) < 4.78 is 7.09. The molecule has 138 valence electrons. The van der Waals surface area contributed by atoms with Crippen molar-refractivity contribution in [2.75, 3.05) is 12.4 Å². The first-order valence-electron chi connectivity index (χ1n) is 8.65. The molecule has 27 heavy (non-hydrogen) atoms. The second kappa shape index (κ2) is 7.86. The molecule has 0 saturated carbocycles. The number of carbonyl (C=O) groups excluding carboxylic acids is 1. The third kappa shape index (κ3) is 3.89. The Morgan fingerprint density at radius 3 is 2.78 bits per heavy atom. The molecule has 2 heterocycles. The highest BCUT2D eigenvalue weighted by Gasteiger charge is 2.14. The predicted molar refractivity (Wildman–Crippen MR) is 107 cm³/mol. The van der Waals surface area contributed by atoms with Gasteiger partial charge in [0.05, 0.1) is 12.8 Å². The van der Waals surface area contributed by atoms with Crippen molar-refractivity contribution in [2.24, 2.45) is 0 Å². The van der Waals surface area contributed by atoms with Gasteiger partial charge in [-0.15, -0.1) is 0 Å². The number of carbonyl (C=O) groups is 1. The normalized spacial score (nSPS) is 11.6. The summed E-state index contributed by atoms with van der Waals surface area (Å²) in [6.45, 7) is 5.78. The minimum absolute atomic E-state index is 0.232. The number of nitrogens with zero attached hydrogens (tertiary/aromatic N) is 3. The average molecular weight is 362 g/mol. The van der Waals surface area contributed by atoms with Crippen LogP contribution in [0.5, 0.6) is 5.75 Å². The van der Waals surface area contributed by atoms with Crippen LogP contribution in [0, 0.1) is 13.8 Å². The number of nitrogens with one attached hydrogen (secondary N) is 1. The van der Waals surface area contributed by atoms with Crippen molar-refractivity contribution in [3.63, 3.8) is 0 Å². The van der Waals surface area contributed by atoms with Crippen molar-refractivity contribution in [2.45, 2.75) is 20.8 Å². The molecule has 0 atom stereocenters. The number of rotatable bonds is 5. The van der Waals surface area contributed by atoms with Gasteiger partial charge in [0.25, 0.3) is 0 Å². The number of anilines is 1. The SMILES string of the molecule is C/C=C/C=C/C(=O)Nc1cc(C)nn1-c1cc(C)c2cccc(OC)c2n1. The highest BCUT2D eigenvalue weighted by molar-refractivity contribution is 5.99. The Labute approximate surface area is 158 Å². The van der Waals surface area contributed by atoms with Crippen molar-refractivity contribution in [1.82, 2.24) is 14.8 Å². The lowest BCUT2D eigenvalue weighted by molar-refractivity contribution is -0.111. The fourth-order valence-electron chi connectivity index (χ4n) is 2.83. The second-order valence-electron chi connectivity index (χ2n) is 6.11. The average Bonchev–Trinajstić information content (AvgIpc) is 3.01. The highest BCUT2D eigenvalue weighted by Crippen LogP contribution is 2.28. The van der Waals surface area contributed by atoms with E-state index in [1.54, 1.807) is 23.9 Å². The van der Waals surface area contributed by atoms with Gasteiger partial charge in [0.15, 0.2) is 5.82 Å². The van der Waals surface area contributed by atoms with Crippen LogP contribution in [0.2, 0.25) is 0 Å². The molecule has 6 nitrogen and oxygen atoms in total. The van der Waals surface area contributed by atoms with E-state index < -0.39 is 0 Å². The van der Waals surface area contributed by atoms with Gasteiger partial charge in [-0.25, -0.2) is 4.98 Å². The van der Waals surface area contributed by atoms with Crippen LogP contribution in [-0.4, -0.2) is 27.8 Å². The van der Waals surface area contributed by atoms with Gasteiger partial charge in [-0.3, -0.25) is 4.79 Å². The van der Waals surface area contributed by atoms with E-state index in [2.05, 4.69) is 10.4 Å². The van der Waals surface area contributed by atoms with Crippen molar-refractivity contribution >= 4 is 22.6 Å². The second-order valence-corrected chi connectivity index (χ2v) is 6.11. The van der Waals surface area contributed by atoms with Crippen LogP contribution in [0.25, 0.3) is 16.7 Å². The Morgan fingerprint density at radius 2 is 2.04 bits per heavy atom. The van der Waals surface area contributed by atoms with Gasteiger partial charge in [0.1, 0.15) is 17.1 Å². The molecule has 3 rings (SSSR count). The van der Waals surface area contributed by atoms with Gasteiger partial charge < -0.3 is 10.1 Å². The predicted octanol–water partition coefficient (Wildman–Crippen LogP) is 4.12. The lowest BCUT2D eigenvalue weighted by Gasteiger charge is -2.11. The number of hydrogen-bond donors (Lipinski definition) is 1. The number of methoxy groups -OCH3 is 1. The fraction of sp³-hybridized carbons (Fsp3) is 0.190. The molecule has 0 spiro atoms. The molecule has 0 aliphatic rings. The Kier molecular flexibility index (Phi) is 5.35. The standard InChI is InChI=1S/C21H22N4O2/c1-5-6-7-11-20(26)22-19-13-15(3)24-25(19)18-12-14(2)16-9-8-10-17(27-4)21(16)23-18/h5-13H,1-4H3,(H,22,26)/b6-5+,11-7+. The molecule has 0 aliphatic heterocycles. The number of amides is 1. The van der Waals surface area contributed by atoms with E-state index in [1.165, 1.54) is 6.08 Å². The molecule has 0 aliphatic carbocycles. The number of pyridine rings is 1. The maximum Gasteiger partial charge on any atom is 0.249 e. The molecule has 0 unspecified atom stereocenters. The third-order valence-corrected chi connectivity index (χ3v) is 4.07. The van der Waals surface area contributed by atoms with Gasteiger partial charge in [-0.1, -0.05) is 30.4 Å². The number of benzene rings is 1. The van der Waals surface area contributed by atoms with Crippen LogP contribution in [0.3, 0.4) is 0 Å². The van der Waals surface area contributed by atoms with E-state index in [-0.39, 0.29) is 5.91 Å². The topological polar surface area (TPSA) is 69.0 Å². The molecule has 3 aromatic rings. The van der Waals surface area contributed by atoms with E-state index in [9.17, 15) is 4.79 Å². The van der Waals surface area contributed by atoms with Crippen molar-refractivity contribution in [3.8, 4) is 11.6 Å². The monoisotopic (exact) mass is 362 g/mol. The number of aryl methyl sites for hydroxylation is 2. The van der Waals surface area contributed by atoms with E-state index in [0.717, 1.165) is 22.2 Å². The summed E-state index contributed by atoms with van der Waals surface area (Å²) in [6, 6.07) is 9.58. The fourth-order valence-corrected chi connectivity index (χ4v) is 2.83. The van der Waals surface area contributed by atoms with E-state index in [0.29, 0.717) is 17.4 Å². The summed E-state index contributed by atoms with van der Waals surface area (Å²) >= 11 is 0. The van der Waals surface area contributed by atoms with Crippen molar-refractivity contribution in [3.05, 3.63) is 65.9 Å². The van der Waals surface area contributed by atoms with Gasteiger partial charge >= 0.3 is 0 Å². The smallest absolute Gasteiger partial charge is 0.249 e. The lowest BCUT2D eigenvalue weighted by atomic mass is 10.1. The molecule has 1 aromatic carbocycles. The molecular weight excluding hydrogens is 340 g/mol. The van der Waals surface area contributed by atoms with Crippen molar-refractivity contribution in [1.29, 1.82) is 0 Å². The summed E-state index contributed by atoms with van der Waals surface area (Å²) in [5.74, 6) is 1.64. The summed E-state index contributed by atoms with van der Waals surface area (Å²) in [7, 11) is 1.62. The van der Waals surface area contributed by atoms with Crippen LogP contribution >= 0.6 is 0 Å². The van der Waals surface area contributed by atoms with Crippen LogP contribution in [0.15, 0.2) is 54.6 Å². The maximum absolute atomic E-state index is 12.1. The quantitative estimate of drug-likeness (QED) is 0.548. The lowest BCUT2D eigenvalue weighted by Crippen LogP contribution is -2.13. The maximum atomic E-state index is 12.1. The Hall–Kier alpha value is -3.41. The molecule has 0 saturated heterocycles. The summed E-state index contributed by atoms with van der Waals surface area (Å²) in [5, 5.41) is 8.36. The van der Waals surface area contributed by atoms with Gasteiger partial charge in [-0.2, -0.15) is 9.78 Å². The molecular formula is C21H22N4O2. The minimum Gasteiger partial charge on any atom is -0.494 e. The Balaban J connectivity index is 2.05. The number of ether oxygens (including phenoxy) is 1. The van der Waals surface area contributed by atoms with Crippen LogP contribution < -0.4 is 10.1 Å². The first-order valence-corrected chi connectivity index (χ1v) is 8.65. The zero-order valence-corrected chi connectivity index (χ0v) is 15.9. The minimum atomic E-state index is -0.232. The van der Waals surface area contributed by atoms with Gasteiger partial charge in [0.2, 0.25) is 5.91 Å². The number of aromatic nitrogens is 3. The van der Waals surface area contributed by atoms with Crippen LogP contribution in [0.1, 0.15) is 18.2 Å². The van der Waals surface area contributed by atoms with Gasteiger partial charge in [0, 0.05) is 17.5 Å². The highest BCUT2D eigenvalue weighted by atomic mass is 16.5. The molecule has 0 fully saturated rings. The Bertz CT molecular complexity index is 1050. The molecule has 1 N–H and O–H groups in total. The molecule has 0 radical (unpaired) electrons. The number of hydrogen-bond acceptors (Lipinski definition) is 4. The number of allylic oxidation sites excluding steroid dienone is 3. The van der Waals surface area contributed by atoms with E-state index >= 15 is 0 Å². The first-order chi connectivity index (χ1) is 13.0. The Morgan fingerprint density at radius 1 is 1.22 bits per heavy atom. The number of para-hydroxylation sites is 1. The zero-order valence-electron chi connectivity index (χ0n) is 15.9. The first kappa shape index (κ1) is 18.4. The largest absolute Gasteiger partial charge is 0.494 e.